The lowest BCUT2D eigenvalue weighted by Gasteiger charge is -2.26. The first-order valence-electron chi connectivity index (χ1n) is 5.36. The van der Waals surface area contributed by atoms with Gasteiger partial charge in [0.15, 0.2) is 0 Å². The van der Waals surface area contributed by atoms with Crippen molar-refractivity contribution in [2.24, 2.45) is 5.41 Å². The van der Waals surface area contributed by atoms with Crippen molar-refractivity contribution < 1.29 is 4.74 Å². The van der Waals surface area contributed by atoms with E-state index in [2.05, 4.69) is 29.8 Å². The molecule has 0 unspecified atom stereocenters. The van der Waals surface area contributed by atoms with Gasteiger partial charge >= 0.3 is 0 Å². The van der Waals surface area contributed by atoms with Gasteiger partial charge in [0.05, 0.1) is 6.10 Å². The molecule has 1 rings (SSSR count). The van der Waals surface area contributed by atoms with Crippen LogP contribution in [0.2, 0.25) is 0 Å². The summed E-state index contributed by atoms with van der Waals surface area (Å²) in [7, 11) is 0. The number of alkyl halides is 1. The molecule has 78 valence electrons. The number of hydrogen-bond donors (Lipinski definition) is 0. The molecular weight excluding hydrogens is 228 g/mol. The lowest BCUT2D eigenvalue weighted by Crippen LogP contribution is -2.21. The summed E-state index contributed by atoms with van der Waals surface area (Å²) in [6.45, 7) is 5.15. The van der Waals surface area contributed by atoms with Gasteiger partial charge in [0.25, 0.3) is 0 Å². The average molecular weight is 249 g/mol. The van der Waals surface area contributed by atoms with Crippen LogP contribution in [-0.2, 0) is 4.74 Å². The molecule has 1 nitrogen and oxygen atoms in total. The Bertz CT molecular complexity index is 139. The molecule has 1 fully saturated rings. The maximum Gasteiger partial charge on any atom is 0.0518 e. The third kappa shape index (κ3) is 3.59. The van der Waals surface area contributed by atoms with Gasteiger partial charge in [-0.25, -0.2) is 0 Å². The SMILES string of the molecule is CC(C)OCCC1(CBr)CCCC1. The van der Waals surface area contributed by atoms with Crippen LogP contribution in [0.15, 0.2) is 0 Å². The number of halogens is 1. The van der Waals surface area contributed by atoms with Gasteiger partial charge in [0.2, 0.25) is 0 Å². The minimum absolute atomic E-state index is 0.383. The van der Waals surface area contributed by atoms with Crippen molar-refractivity contribution in [3.8, 4) is 0 Å². The lowest BCUT2D eigenvalue weighted by atomic mass is 9.85. The Hall–Kier alpha value is 0.440. The first-order valence-corrected chi connectivity index (χ1v) is 6.48. The molecular formula is C11H21BrO. The largest absolute Gasteiger partial charge is 0.379 e. The van der Waals surface area contributed by atoms with E-state index < -0.39 is 0 Å². The van der Waals surface area contributed by atoms with Gasteiger partial charge < -0.3 is 4.74 Å². The van der Waals surface area contributed by atoms with Crippen LogP contribution in [0.4, 0.5) is 0 Å². The maximum atomic E-state index is 5.61. The summed E-state index contributed by atoms with van der Waals surface area (Å²) in [4.78, 5) is 0. The summed E-state index contributed by atoms with van der Waals surface area (Å²) < 4.78 is 5.61. The van der Waals surface area contributed by atoms with Crippen LogP contribution in [-0.4, -0.2) is 18.0 Å². The van der Waals surface area contributed by atoms with E-state index >= 15 is 0 Å². The van der Waals surface area contributed by atoms with Crippen molar-refractivity contribution in [1.82, 2.24) is 0 Å². The van der Waals surface area contributed by atoms with Gasteiger partial charge in [-0.1, -0.05) is 28.8 Å². The molecule has 0 aromatic heterocycles. The molecule has 2 heteroatoms. The van der Waals surface area contributed by atoms with Gasteiger partial charge in [0, 0.05) is 11.9 Å². The van der Waals surface area contributed by atoms with Crippen LogP contribution in [0.5, 0.6) is 0 Å². The molecule has 0 aromatic rings. The van der Waals surface area contributed by atoms with Crippen LogP contribution >= 0.6 is 15.9 Å². The Labute approximate surface area is 90.4 Å². The minimum atomic E-state index is 0.383. The van der Waals surface area contributed by atoms with E-state index in [1.807, 2.05) is 0 Å². The highest BCUT2D eigenvalue weighted by Gasteiger charge is 2.32. The fraction of sp³-hybridized carbons (Fsp3) is 1.00. The Morgan fingerprint density at radius 3 is 2.38 bits per heavy atom. The summed E-state index contributed by atoms with van der Waals surface area (Å²) >= 11 is 3.65. The van der Waals surface area contributed by atoms with Gasteiger partial charge in [-0.3, -0.25) is 0 Å². The van der Waals surface area contributed by atoms with E-state index in [9.17, 15) is 0 Å². The first-order chi connectivity index (χ1) is 6.18. The lowest BCUT2D eigenvalue weighted by molar-refractivity contribution is 0.0564. The molecule has 0 spiro atoms. The number of rotatable bonds is 5. The van der Waals surface area contributed by atoms with Crippen molar-refractivity contribution in [3.05, 3.63) is 0 Å². The molecule has 0 N–H and O–H groups in total. The average Bonchev–Trinajstić information content (AvgIpc) is 2.53. The van der Waals surface area contributed by atoms with E-state index in [-0.39, 0.29) is 0 Å². The van der Waals surface area contributed by atoms with Crippen LogP contribution in [0.3, 0.4) is 0 Å². The highest BCUT2D eigenvalue weighted by atomic mass is 79.9. The van der Waals surface area contributed by atoms with Gasteiger partial charge in [0.1, 0.15) is 0 Å². The second kappa shape index (κ2) is 5.35. The molecule has 0 amide bonds. The molecule has 0 atom stereocenters. The molecule has 0 aromatic carbocycles. The van der Waals surface area contributed by atoms with Crippen LogP contribution in [0.1, 0.15) is 46.0 Å². The van der Waals surface area contributed by atoms with E-state index in [0.717, 1.165) is 11.9 Å². The van der Waals surface area contributed by atoms with Crippen molar-refractivity contribution in [1.29, 1.82) is 0 Å². The van der Waals surface area contributed by atoms with Crippen molar-refractivity contribution in [3.63, 3.8) is 0 Å². The second-order valence-electron chi connectivity index (χ2n) is 4.51. The molecule has 0 radical (unpaired) electrons. The zero-order valence-corrected chi connectivity index (χ0v) is 10.4. The Morgan fingerprint density at radius 2 is 1.92 bits per heavy atom. The fourth-order valence-electron chi connectivity index (χ4n) is 2.09. The minimum Gasteiger partial charge on any atom is -0.379 e. The standard InChI is InChI=1S/C11H21BrO/c1-10(2)13-8-7-11(9-12)5-3-4-6-11/h10H,3-9H2,1-2H3. The smallest absolute Gasteiger partial charge is 0.0518 e. The zero-order valence-electron chi connectivity index (χ0n) is 8.81. The third-order valence-electron chi connectivity index (χ3n) is 3.03. The fourth-order valence-corrected chi connectivity index (χ4v) is 2.93. The third-order valence-corrected chi connectivity index (χ3v) is 4.22. The molecule has 13 heavy (non-hydrogen) atoms. The van der Waals surface area contributed by atoms with Crippen molar-refractivity contribution in [2.75, 3.05) is 11.9 Å². The highest BCUT2D eigenvalue weighted by Crippen LogP contribution is 2.42. The zero-order chi connectivity index (χ0) is 9.73. The van der Waals surface area contributed by atoms with E-state index in [0.29, 0.717) is 11.5 Å². The van der Waals surface area contributed by atoms with Gasteiger partial charge in [-0.15, -0.1) is 0 Å². The summed E-state index contributed by atoms with van der Waals surface area (Å²) in [5.41, 5.74) is 0.564. The normalized spacial score (nSPS) is 21.2. The number of hydrogen-bond acceptors (Lipinski definition) is 1. The molecule has 0 heterocycles. The van der Waals surface area contributed by atoms with Crippen LogP contribution in [0.25, 0.3) is 0 Å². The Morgan fingerprint density at radius 1 is 1.31 bits per heavy atom. The van der Waals surface area contributed by atoms with Crippen molar-refractivity contribution in [2.45, 2.75) is 52.1 Å². The number of ether oxygens (including phenoxy) is 1. The first kappa shape index (κ1) is 11.5. The van der Waals surface area contributed by atoms with Crippen LogP contribution < -0.4 is 0 Å². The summed E-state index contributed by atoms with van der Waals surface area (Å²) in [6, 6.07) is 0. The molecule has 1 aliphatic rings. The van der Waals surface area contributed by atoms with E-state index in [1.165, 1.54) is 32.1 Å². The summed E-state index contributed by atoms with van der Waals surface area (Å²) in [5, 5.41) is 1.15. The monoisotopic (exact) mass is 248 g/mol. The van der Waals surface area contributed by atoms with E-state index in [1.54, 1.807) is 0 Å². The summed E-state index contributed by atoms with van der Waals surface area (Å²) in [6.07, 6.45) is 7.21. The molecule has 0 saturated heterocycles. The van der Waals surface area contributed by atoms with Crippen LogP contribution in [0, 0.1) is 5.41 Å². The maximum absolute atomic E-state index is 5.61. The molecule has 1 aliphatic carbocycles. The summed E-state index contributed by atoms with van der Waals surface area (Å²) in [5.74, 6) is 0. The quantitative estimate of drug-likeness (QED) is 0.674. The molecule has 0 aliphatic heterocycles. The highest BCUT2D eigenvalue weighted by molar-refractivity contribution is 9.09. The van der Waals surface area contributed by atoms with E-state index in [4.69, 9.17) is 4.74 Å². The Balaban J connectivity index is 2.23. The molecule has 0 bridgehead atoms. The van der Waals surface area contributed by atoms with Crippen molar-refractivity contribution >= 4 is 15.9 Å². The predicted molar refractivity (Wildman–Crippen MR) is 60.4 cm³/mol. The predicted octanol–water partition coefficient (Wildman–Crippen LogP) is 3.76. The second-order valence-corrected chi connectivity index (χ2v) is 5.07. The topological polar surface area (TPSA) is 9.23 Å². The van der Waals surface area contributed by atoms with Gasteiger partial charge in [-0.2, -0.15) is 0 Å². The van der Waals surface area contributed by atoms with Gasteiger partial charge in [-0.05, 0) is 38.5 Å². The Kier molecular flexibility index (Phi) is 4.74. The molecule has 1 saturated carbocycles.